The lowest BCUT2D eigenvalue weighted by Crippen LogP contribution is -2.55. The van der Waals surface area contributed by atoms with E-state index < -0.39 is 0 Å². The number of hydrogen-bond donors (Lipinski definition) is 1. The molecule has 0 rings (SSSR count). The van der Waals surface area contributed by atoms with Gasteiger partial charge in [0.05, 0.1) is 5.66 Å². The second-order valence-electron chi connectivity index (χ2n) is 2.98. The standard InChI is InChI=1S/C9H22N2.2ClH/c1-5-9(10,6-2)11(7-3)8-4;;/h5-8,10H2,1-4H3;2*1H. The Balaban J connectivity index is -0.000000500. The summed E-state index contributed by atoms with van der Waals surface area (Å²) < 4.78 is 0. The van der Waals surface area contributed by atoms with Crippen molar-refractivity contribution in [2.24, 2.45) is 5.73 Å². The molecule has 0 aliphatic carbocycles. The molecule has 0 spiro atoms. The van der Waals surface area contributed by atoms with Gasteiger partial charge in [-0.25, -0.2) is 0 Å². The average Bonchev–Trinajstić information content (AvgIpc) is 2.06. The summed E-state index contributed by atoms with van der Waals surface area (Å²) in [6, 6.07) is 0. The molecule has 0 aliphatic rings. The lowest BCUT2D eigenvalue weighted by molar-refractivity contribution is 0.0957. The summed E-state index contributed by atoms with van der Waals surface area (Å²) in [7, 11) is 0. The Morgan fingerprint density at radius 3 is 1.31 bits per heavy atom. The van der Waals surface area contributed by atoms with Gasteiger partial charge in [0.1, 0.15) is 0 Å². The molecular formula is C9H24Cl2N2. The first-order chi connectivity index (χ1) is 5.14. The monoisotopic (exact) mass is 230 g/mol. The van der Waals surface area contributed by atoms with Crippen molar-refractivity contribution in [3.05, 3.63) is 0 Å². The zero-order chi connectivity index (χ0) is 8.91. The van der Waals surface area contributed by atoms with Crippen molar-refractivity contribution in [1.82, 2.24) is 4.90 Å². The molecule has 0 fully saturated rings. The fourth-order valence-electron chi connectivity index (χ4n) is 1.55. The maximum absolute atomic E-state index is 6.19. The van der Waals surface area contributed by atoms with Crippen LogP contribution >= 0.6 is 24.8 Å². The number of rotatable bonds is 5. The first-order valence-corrected chi connectivity index (χ1v) is 4.68. The van der Waals surface area contributed by atoms with Crippen LogP contribution in [0.5, 0.6) is 0 Å². The Labute approximate surface area is 95.1 Å². The highest BCUT2D eigenvalue weighted by atomic mass is 35.5. The van der Waals surface area contributed by atoms with Crippen LogP contribution in [0.4, 0.5) is 0 Å². The first-order valence-electron chi connectivity index (χ1n) is 4.68. The molecule has 0 heterocycles. The summed E-state index contributed by atoms with van der Waals surface area (Å²) in [6.07, 6.45) is 2.07. The Morgan fingerprint density at radius 2 is 1.23 bits per heavy atom. The van der Waals surface area contributed by atoms with Gasteiger partial charge in [-0.3, -0.25) is 4.90 Å². The molecule has 0 aromatic carbocycles. The van der Waals surface area contributed by atoms with Crippen LogP contribution in [0.25, 0.3) is 0 Å². The third-order valence-corrected chi connectivity index (χ3v) is 2.62. The van der Waals surface area contributed by atoms with E-state index in [1.807, 2.05) is 0 Å². The zero-order valence-corrected chi connectivity index (χ0v) is 10.8. The highest BCUT2D eigenvalue weighted by Gasteiger charge is 2.25. The van der Waals surface area contributed by atoms with Gasteiger partial charge in [0, 0.05) is 0 Å². The van der Waals surface area contributed by atoms with Crippen molar-refractivity contribution in [1.29, 1.82) is 0 Å². The van der Waals surface area contributed by atoms with E-state index in [1.54, 1.807) is 0 Å². The van der Waals surface area contributed by atoms with Crippen molar-refractivity contribution < 1.29 is 0 Å². The molecule has 2 nitrogen and oxygen atoms in total. The highest BCUT2D eigenvalue weighted by molar-refractivity contribution is 5.85. The fourth-order valence-corrected chi connectivity index (χ4v) is 1.55. The van der Waals surface area contributed by atoms with Crippen LogP contribution in [0.3, 0.4) is 0 Å². The molecule has 0 aromatic heterocycles. The molecule has 0 radical (unpaired) electrons. The minimum Gasteiger partial charge on any atom is -0.313 e. The minimum atomic E-state index is -0.0660. The molecule has 0 amide bonds. The quantitative estimate of drug-likeness (QED) is 0.737. The molecule has 0 saturated carbocycles. The van der Waals surface area contributed by atoms with E-state index in [2.05, 4.69) is 32.6 Å². The topological polar surface area (TPSA) is 29.3 Å². The van der Waals surface area contributed by atoms with Crippen molar-refractivity contribution in [3.63, 3.8) is 0 Å². The van der Waals surface area contributed by atoms with Gasteiger partial charge in [-0.2, -0.15) is 0 Å². The van der Waals surface area contributed by atoms with E-state index in [0.29, 0.717) is 0 Å². The summed E-state index contributed by atoms with van der Waals surface area (Å²) >= 11 is 0. The lowest BCUT2D eigenvalue weighted by Gasteiger charge is -2.38. The molecule has 0 unspecified atom stereocenters. The van der Waals surface area contributed by atoms with Gasteiger partial charge in [-0.05, 0) is 25.9 Å². The van der Waals surface area contributed by atoms with E-state index in [4.69, 9.17) is 5.73 Å². The van der Waals surface area contributed by atoms with Crippen LogP contribution in [0, 0.1) is 0 Å². The van der Waals surface area contributed by atoms with Crippen molar-refractivity contribution >= 4 is 24.8 Å². The maximum atomic E-state index is 6.19. The number of nitrogens with two attached hydrogens (primary N) is 1. The SMILES string of the molecule is CCN(CC)C(N)(CC)CC.Cl.Cl. The predicted molar refractivity (Wildman–Crippen MR) is 64.9 cm³/mol. The molecule has 4 heteroatoms. The molecule has 84 valence electrons. The summed E-state index contributed by atoms with van der Waals surface area (Å²) in [6.45, 7) is 10.7. The summed E-state index contributed by atoms with van der Waals surface area (Å²) in [5, 5.41) is 0. The third kappa shape index (κ3) is 5.06. The molecule has 2 N–H and O–H groups in total. The van der Waals surface area contributed by atoms with Crippen LogP contribution in [0.1, 0.15) is 40.5 Å². The molecule has 0 aliphatic heterocycles. The zero-order valence-electron chi connectivity index (χ0n) is 9.17. The van der Waals surface area contributed by atoms with Crippen LogP contribution in [-0.2, 0) is 0 Å². The molecule has 0 atom stereocenters. The first kappa shape index (κ1) is 19.1. The van der Waals surface area contributed by atoms with E-state index in [9.17, 15) is 0 Å². The van der Waals surface area contributed by atoms with Gasteiger partial charge in [-0.15, -0.1) is 24.8 Å². The Kier molecular flexibility index (Phi) is 13.3. The average molecular weight is 231 g/mol. The van der Waals surface area contributed by atoms with Gasteiger partial charge < -0.3 is 5.73 Å². The Hall–Kier alpha value is 0.500. The molecule has 0 aromatic rings. The van der Waals surface area contributed by atoms with Gasteiger partial charge in [-0.1, -0.05) is 27.7 Å². The summed E-state index contributed by atoms with van der Waals surface area (Å²) in [4.78, 5) is 2.33. The molecular weight excluding hydrogens is 207 g/mol. The smallest absolute Gasteiger partial charge is 0.0681 e. The number of halogens is 2. The molecule has 0 saturated heterocycles. The Bertz CT molecular complexity index is 102. The third-order valence-electron chi connectivity index (χ3n) is 2.62. The summed E-state index contributed by atoms with van der Waals surface area (Å²) in [5.41, 5.74) is 6.12. The van der Waals surface area contributed by atoms with Gasteiger partial charge >= 0.3 is 0 Å². The number of hydrogen-bond acceptors (Lipinski definition) is 2. The van der Waals surface area contributed by atoms with Crippen LogP contribution in [-0.4, -0.2) is 23.7 Å². The normalized spacial score (nSPS) is 10.6. The van der Waals surface area contributed by atoms with Crippen LogP contribution in [0.2, 0.25) is 0 Å². The lowest BCUT2D eigenvalue weighted by atomic mass is 10.0. The van der Waals surface area contributed by atoms with Crippen LogP contribution in [0.15, 0.2) is 0 Å². The van der Waals surface area contributed by atoms with Gasteiger partial charge in [0.15, 0.2) is 0 Å². The van der Waals surface area contributed by atoms with E-state index in [1.165, 1.54) is 0 Å². The van der Waals surface area contributed by atoms with Crippen molar-refractivity contribution in [2.45, 2.75) is 46.2 Å². The van der Waals surface area contributed by atoms with E-state index >= 15 is 0 Å². The maximum Gasteiger partial charge on any atom is 0.0681 e. The molecule has 13 heavy (non-hydrogen) atoms. The van der Waals surface area contributed by atoms with Crippen LogP contribution < -0.4 is 5.73 Å². The second kappa shape index (κ2) is 9.07. The minimum absolute atomic E-state index is 0. The largest absolute Gasteiger partial charge is 0.313 e. The highest BCUT2D eigenvalue weighted by Crippen LogP contribution is 2.16. The van der Waals surface area contributed by atoms with E-state index in [0.717, 1.165) is 25.9 Å². The predicted octanol–water partition coefficient (Wildman–Crippen LogP) is 2.65. The molecule has 0 bridgehead atoms. The van der Waals surface area contributed by atoms with Gasteiger partial charge in [0.2, 0.25) is 0 Å². The summed E-state index contributed by atoms with van der Waals surface area (Å²) in [5.74, 6) is 0. The van der Waals surface area contributed by atoms with Crippen molar-refractivity contribution in [2.75, 3.05) is 13.1 Å². The van der Waals surface area contributed by atoms with Crippen molar-refractivity contribution in [3.8, 4) is 0 Å². The fraction of sp³-hybridized carbons (Fsp3) is 1.00. The Morgan fingerprint density at radius 1 is 0.923 bits per heavy atom. The number of nitrogens with zero attached hydrogens (tertiary/aromatic N) is 1. The second-order valence-corrected chi connectivity index (χ2v) is 2.98. The van der Waals surface area contributed by atoms with Gasteiger partial charge in [0.25, 0.3) is 0 Å². The van der Waals surface area contributed by atoms with E-state index in [-0.39, 0.29) is 30.5 Å².